The Labute approximate surface area is 215 Å². The normalized spacial score (nSPS) is 14.7. The van der Waals surface area contributed by atoms with Crippen molar-refractivity contribution >= 4 is 44.2 Å². The number of nitrogen functional groups attached to an aromatic ring is 1. The van der Waals surface area contributed by atoms with E-state index in [0.29, 0.717) is 11.0 Å². The van der Waals surface area contributed by atoms with Gasteiger partial charge in [-0.1, -0.05) is 17.7 Å². The molecule has 2 aromatic carbocycles. The standard InChI is InChI=1S/C23H22ClF2N7O3S/c1-36-17-10-15(25)18(9-14(17)24)37(34,35)32-16-4-2-3-13(20(16)26)21-19-22(27)29-11-30-23(19)33(31-21)12-5-7-28-8-6-12/h2-4,9-12,28,32H,5-8H2,1H3,(H2,27,29,30). The van der Waals surface area contributed by atoms with Crippen LogP contribution in [0.3, 0.4) is 0 Å². The first-order chi connectivity index (χ1) is 17.7. The fraction of sp³-hybridized carbons (Fsp3) is 0.261. The summed E-state index contributed by atoms with van der Waals surface area (Å²) in [5, 5.41) is 8.16. The lowest BCUT2D eigenvalue weighted by Crippen LogP contribution is -2.30. The fourth-order valence-electron chi connectivity index (χ4n) is 4.36. The number of halogens is 3. The highest BCUT2D eigenvalue weighted by Gasteiger charge is 2.27. The van der Waals surface area contributed by atoms with Gasteiger partial charge in [0.15, 0.2) is 11.5 Å². The van der Waals surface area contributed by atoms with Gasteiger partial charge in [0.25, 0.3) is 10.0 Å². The van der Waals surface area contributed by atoms with Crippen LogP contribution in [0.1, 0.15) is 18.9 Å². The molecule has 0 unspecified atom stereocenters. The number of hydrogen-bond acceptors (Lipinski definition) is 8. The molecule has 3 heterocycles. The predicted octanol–water partition coefficient (Wildman–Crippen LogP) is 3.74. The van der Waals surface area contributed by atoms with Gasteiger partial charge >= 0.3 is 0 Å². The van der Waals surface area contributed by atoms with Crippen molar-refractivity contribution in [3.8, 4) is 17.0 Å². The van der Waals surface area contributed by atoms with Crippen LogP contribution in [0.5, 0.6) is 5.75 Å². The molecular formula is C23H22ClF2N7O3S. The molecule has 1 aliphatic rings. The molecule has 0 radical (unpaired) electrons. The summed E-state index contributed by atoms with van der Waals surface area (Å²) in [6.07, 6.45) is 2.90. The van der Waals surface area contributed by atoms with Crippen LogP contribution < -0.4 is 20.5 Å². The predicted molar refractivity (Wildman–Crippen MR) is 135 cm³/mol. The second kappa shape index (κ2) is 9.72. The largest absolute Gasteiger partial charge is 0.495 e. The minimum atomic E-state index is -4.56. The number of ether oxygens (including phenoxy) is 1. The van der Waals surface area contributed by atoms with Crippen LogP contribution in [0, 0.1) is 11.6 Å². The van der Waals surface area contributed by atoms with Crippen molar-refractivity contribution in [2.24, 2.45) is 0 Å². The maximum atomic E-state index is 15.8. The van der Waals surface area contributed by atoms with E-state index in [1.165, 1.54) is 31.6 Å². The number of piperidine rings is 1. The molecule has 14 heteroatoms. The summed E-state index contributed by atoms with van der Waals surface area (Å²) in [5.74, 6) is -1.96. The third-order valence-electron chi connectivity index (χ3n) is 6.17. The number of sulfonamides is 1. The van der Waals surface area contributed by atoms with E-state index in [1.54, 1.807) is 4.68 Å². The third kappa shape index (κ3) is 4.54. The van der Waals surface area contributed by atoms with E-state index in [4.69, 9.17) is 22.1 Å². The number of nitrogens with one attached hydrogen (secondary N) is 2. The Morgan fingerprint density at radius 1 is 1.22 bits per heavy atom. The van der Waals surface area contributed by atoms with Crippen molar-refractivity contribution in [3.63, 3.8) is 0 Å². The lowest BCUT2D eigenvalue weighted by atomic mass is 10.1. The molecule has 2 aromatic heterocycles. The molecule has 0 aliphatic carbocycles. The molecule has 194 valence electrons. The van der Waals surface area contributed by atoms with Gasteiger partial charge in [0.1, 0.15) is 34.3 Å². The number of hydrogen-bond donors (Lipinski definition) is 3. The van der Waals surface area contributed by atoms with Crippen molar-refractivity contribution in [2.75, 3.05) is 30.7 Å². The summed E-state index contributed by atoms with van der Waals surface area (Å²) in [6, 6.07) is 5.85. The molecule has 4 N–H and O–H groups in total. The molecule has 1 fully saturated rings. The van der Waals surface area contributed by atoms with Gasteiger partial charge in [-0.15, -0.1) is 0 Å². The third-order valence-corrected chi connectivity index (χ3v) is 7.84. The zero-order valence-electron chi connectivity index (χ0n) is 19.5. The zero-order valence-corrected chi connectivity index (χ0v) is 21.1. The van der Waals surface area contributed by atoms with Crippen molar-refractivity contribution in [3.05, 3.63) is 53.3 Å². The number of anilines is 2. The fourth-order valence-corrected chi connectivity index (χ4v) is 5.81. The van der Waals surface area contributed by atoms with Gasteiger partial charge in [0.05, 0.1) is 29.2 Å². The average molecular weight is 550 g/mol. The SMILES string of the molecule is COc1cc(F)c(S(=O)(=O)Nc2cccc(-c3nn(C4CCNCC4)c4ncnc(N)c34)c2F)cc1Cl. The van der Waals surface area contributed by atoms with Gasteiger partial charge in [-0.25, -0.2) is 31.8 Å². The Balaban J connectivity index is 1.59. The molecule has 1 saturated heterocycles. The zero-order chi connectivity index (χ0) is 26.3. The number of fused-ring (bicyclic) bond motifs is 1. The number of nitrogens with zero attached hydrogens (tertiary/aromatic N) is 4. The highest BCUT2D eigenvalue weighted by molar-refractivity contribution is 7.92. The summed E-state index contributed by atoms with van der Waals surface area (Å²) in [6.45, 7) is 1.58. The van der Waals surface area contributed by atoms with Crippen LogP contribution in [0.15, 0.2) is 41.6 Å². The summed E-state index contributed by atoms with van der Waals surface area (Å²) >= 11 is 5.99. The van der Waals surface area contributed by atoms with Crippen molar-refractivity contribution < 1.29 is 21.9 Å². The van der Waals surface area contributed by atoms with Gasteiger partial charge in [0.2, 0.25) is 0 Å². The molecule has 4 aromatic rings. The average Bonchev–Trinajstić information content (AvgIpc) is 3.27. The number of benzene rings is 2. The van der Waals surface area contributed by atoms with Crippen LogP contribution in [0.2, 0.25) is 5.02 Å². The number of aromatic nitrogens is 4. The smallest absolute Gasteiger partial charge is 0.264 e. The van der Waals surface area contributed by atoms with E-state index < -0.39 is 32.2 Å². The Kier molecular flexibility index (Phi) is 6.60. The van der Waals surface area contributed by atoms with Crippen LogP contribution in [0.4, 0.5) is 20.3 Å². The molecule has 0 amide bonds. The van der Waals surface area contributed by atoms with Gasteiger partial charge < -0.3 is 15.8 Å². The first kappa shape index (κ1) is 25.1. The lowest BCUT2D eigenvalue weighted by molar-refractivity contribution is 0.350. The van der Waals surface area contributed by atoms with E-state index in [-0.39, 0.29) is 33.9 Å². The molecule has 10 nitrogen and oxygen atoms in total. The minimum absolute atomic E-state index is 0.0133. The topological polar surface area (TPSA) is 137 Å². The molecule has 0 bridgehead atoms. The molecule has 1 aliphatic heterocycles. The summed E-state index contributed by atoms with van der Waals surface area (Å²) in [7, 11) is -3.30. The lowest BCUT2D eigenvalue weighted by Gasteiger charge is -2.23. The molecular weight excluding hydrogens is 528 g/mol. The van der Waals surface area contributed by atoms with Gasteiger partial charge in [-0.3, -0.25) is 4.72 Å². The summed E-state index contributed by atoms with van der Waals surface area (Å²) < 4.78 is 65.0. The Morgan fingerprint density at radius 3 is 2.70 bits per heavy atom. The molecule has 0 spiro atoms. The van der Waals surface area contributed by atoms with Crippen molar-refractivity contribution in [2.45, 2.75) is 23.8 Å². The van der Waals surface area contributed by atoms with E-state index in [1.807, 2.05) is 0 Å². The number of rotatable bonds is 6. The van der Waals surface area contributed by atoms with Gasteiger partial charge in [-0.05, 0) is 44.1 Å². The first-order valence-electron chi connectivity index (χ1n) is 11.3. The van der Waals surface area contributed by atoms with Crippen LogP contribution in [-0.2, 0) is 10.0 Å². The Bertz CT molecular complexity index is 1610. The first-order valence-corrected chi connectivity index (χ1v) is 13.1. The summed E-state index contributed by atoms with van der Waals surface area (Å²) in [4.78, 5) is 7.61. The van der Waals surface area contributed by atoms with Crippen molar-refractivity contribution in [1.82, 2.24) is 25.1 Å². The van der Waals surface area contributed by atoms with Crippen LogP contribution in [-0.4, -0.2) is 48.4 Å². The van der Waals surface area contributed by atoms with Gasteiger partial charge in [0, 0.05) is 11.6 Å². The van der Waals surface area contributed by atoms with E-state index in [9.17, 15) is 12.8 Å². The highest BCUT2D eigenvalue weighted by atomic mass is 35.5. The Hall–Kier alpha value is -3.55. The maximum Gasteiger partial charge on any atom is 0.264 e. The van der Waals surface area contributed by atoms with Crippen molar-refractivity contribution in [1.29, 1.82) is 0 Å². The summed E-state index contributed by atoms with van der Waals surface area (Å²) in [5.41, 5.74) is 6.33. The van der Waals surface area contributed by atoms with E-state index in [0.717, 1.165) is 38.1 Å². The van der Waals surface area contributed by atoms with E-state index >= 15 is 4.39 Å². The number of nitrogens with two attached hydrogens (primary N) is 1. The molecule has 0 atom stereocenters. The monoisotopic (exact) mass is 549 g/mol. The highest BCUT2D eigenvalue weighted by Crippen LogP contribution is 2.37. The molecule has 37 heavy (non-hydrogen) atoms. The second-order valence-electron chi connectivity index (χ2n) is 8.42. The van der Waals surface area contributed by atoms with Crippen LogP contribution in [0.25, 0.3) is 22.3 Å². The van der Waals surface area contributed by atoms with E-state index in [2.05, 4.69) is 25.1 Å². The second-order valence-corrected chi connectivity index (χ2v) is 10.5. The Morgan fingerprint density at radius 2 is 1.97 bits per heavy atom. The quantitative estimate of drug-likeness (QED) is 0.331. The maximum absolute atomic E-state index is 15.8. The number of methoxy groups -OCH3 is 1. The molecule has 0 saturated carbocycles. The van der Waals surface area contributed by atoms with Gasteiger partial charge in [-0.2, -0.15) is 5.10 Å². The minimum Gasteiger partial charge on any atom is -0.495 e. The molecule has 5 rings (SSSR count). The van der Waals surface area contributed by atoms with Crippen LogP contribution >= 0.6 is 11.6 Å².